The normalized spacial score (nSPS) is 13.9. The van der Waals surface area contributed by atoms with Crippen LogP contribution >= 0.6 is 0 Å². The quantitative estimate of drug-likeness (QED) is 0.762. The van der Waals surface area contributed by atoms with Gasteiger partial charge >= 0.3 is 0 Å². The van der Waals surface area contributed by atoms with Crippen LogP contribution in [-0.2, 0) is 0 Å². The van der Waals surface area contributed by atoms with Gasteiger partial charge in [0.05, 0.1) is 5.56 Å². The van der Waals surface area contributed by atoms with Crippen LogP contribution < -0.4 is 11.1 Å². The number of nitrogens with one attached hydrogen (secondary N) is 1. The minimum atomic E-state index is 0.389. The van der Waals surface area contributed by atoms with Gasteiger partial charge in [0.25, 0.3) is 0 Å². The molecule has 0 aliphatic carbocycles. The second kappa shape index (κ2) is 5.41. The zero-order valence-corrected chi connectivity index (χ0v) is 10.1. The van der Waals surface area contributed by atoms with E-state index in [1.165, 1.54) is 0 Å². The maximum absolute atomic E-state index is 8.87. The summed E-state index contributed by atoms with van der Waals surface area (Å²) in [6.45, 7) is 6.53. The molecule has 0 aliphatic heterocycles. The van der Waals surface area contributed by atoms with E-state index >= 15 is 0 Å². The van der Waals surface area contributed by atoms with Crippen molar-refractivity contribution in [3.8, 4) is 6.07 Å². The minimum absolute atomic E-state index is 0.389. The van der Waals surface area contributed by atoms with Gasteiger partial charge in [-0.15, -0.1) is 0 Å². The Labute approximate surface area is 97.3 Å². The van der Waals surface area contributed by atoms with Crippen molar-refractivity contribution >= 4 is 11.4 Å². The third-order valence-corrected chi connectivity index (χ3v) is 3.07. The lowest BCUT2D eigenvalue weighted by Gasteiger charge is -2.21. The fraction of sp³-hybridized carbons (Fsp3) is 0.462. The number of benzene rings is 1. The Kier molecular flexibility index (Phi) is 4.19. The minimum Gasteiger partial charge on any atom is -0.398 e. The van der Waals surface area contributed by atoms with Crippen molar-refractivity contribution in [2.45, 2.75) is 33.2 Å². The molecule has 0 fully saturated rings. The summed E-state index contributed by atoms with van der Waals surface area (Å²) >= 11 is 0. The molecule has 3 N–H and O–H groups in total. The molecule has 0 saturated heterocycles. The second-order valence-electron chi connectivity index (χ2n) is 4.23. The molecule has 1 rings (SSSR count). The number of hydrogen-bond donors (Lipinski definition) is 2. The smallest absolute Gasteiger partial charge is 0.101 e. The Morgan fingerprint density at radius 1 is 1.44 bits per heavy atom. The predicted octanol–water partition coefficient (Wildman–Crippen LogP) is 2.99. The van der Waals surface area contributed by atoms with E-state index in [2.05, 4.69) is 32.2 Å². The van der Waals surface area contributed by atoms with E-state index < -0.39 is 0 Å². The third-order valence-electron chi connectivity index (χ3n) is 3.07. The van der Waals surface area contributed by atoms with Crippen molar-refractivity contribution in [3.05, 3.63) is 23.8 Å². The molecule has 86 valence electrons. The van der Waals surface area contributed by atoms with E-state index in [0.29, 0.717) is 23.2 Å². The summed E-state index contributed by atoms with van der Waals surface area (Å²) in [4.78, 5) is 0. The second-order valence-corrected chi connectivity index (χ2v) is 4.23. The summed E-state index contributed by atoms with van der Waals surface area (Å²) in [7, 11) is 0. The first-order valence-electron chi connectivity index (χ1n) is 5.64. The van der Waals surface area contributed by atoms with E-state index in [0.717, 1.165) is 12.1 Å². The number of nitriles is 1. The summed E-state index contributed by atoms with van der Waals surface area (Å²) in [6, 6.07) is 7.96. The SMILES string of the molecule is CCC(C)C(C)Nc1ccc(N)c(C#N)c1. The van der Waals surface area contributed by atoms with Gasteiger partial charge in [0.2, 0.25) is 0 Å². The number of rotatable bonds is 4. The first-order chi connectivity index (χ1) is 7.58. The van der Waals surface area contributed by atoms with Crippen molar-refractivity contribution in [1.29, 1.82) is 5.26 Å². The molecule has 0 aromatic heterocycles. The van der Waals surface area contributed by atoms with Crippen LogP contribution in [0, 0.1) is 17.2 Å². The Bertz CT molecular complexity index is 393. The summed E-state index contributed by atoms with van der Waals surface area (Å²) in [5, 5.41) is 12.3. The van der Waals surface area contributed by atoms with Crippen LogP contribution in [0.3, 0.4) is 0 Å². The Balaban J connectivity index is 2.79. The molecule has 3 heteroatoms. The highest BCUT2D eigenvalue weighted by atomic mass is 14.9. The van der Waals surface area contributed by atoms with Crippen LogP contribution in [0.2, 0.25) is 0 Å². The Morgan fingerprint density at radius 2 is 2.12 bits per heavy atom. The molecule has 1 aromatic rings. The Morgan fingerprint density at radius 3 is 2.69 bits per heavy atom. The largest absolute Gasteiger partial charge is 0.398 e. The van der Waals surface area contributed by atoms with Crippen molar-refractivity contribution in [3.63, 3.8) is 0 Å². The maximum atomic E-state index is 8.87. The monoisotopic (exact) mass is 217 g/mol. The van der Waals surface area contributed by atoms with Gasteiger partial charge in [-0.2, -0.15) is 5.26 Å². The van der Waals surface area contributed by atoms with E-state index in [1.807, 2.05) is 6.07 Å². The lowest BCUT2D eigenvalue weighted by atomic mass is 10.0. The highest BCUT2D eigenvalue weighted by molar-refractivity contribution is 5.62. The molecular formula is C13H19N3. The van der Waals surface area contributed by atoms with Gasteiger partial charge in [0.1, 0.15) is 6.07 Å². The molecule has 2 atom stereocenters. The molecule has 0 spiro atoms. The number of nitrogens with two attached hydrogens (primary N) is 1. The van der Waals surface area contributed by atoms with Gasteiger partial charge in [0, 0.05) is 17.4 Å². The van der Waals surface area contributed by atoms with E-state index in [4.69, 9.17) is 11.0 Å². The number of nitrogen functional groups attached to an aromatic ring is 1. The van der Waals surface area contributed by atoms with Gasteiger partial charge in [-0.1, -0.05) is 20.3 Å². The molecule has 16 heavy (non-hydrogen) atoms. The molecule has 0 aliphatic rings. The fourth-order valence-electron chi connectivity index (χ4n) is 1.50. The summed E-state index contributed by atoms with van der Waals surface area (Å²) in [5.74, 6) is 0.600. The zero-order chi connectivity index (χ0) is 12.1. The summed E-state index contributed by atoms with van der Waals surface area (Å²) < 4.78 is 0. The van der Waals surface area contributed by atoms with Crippen molar-refractivity contribution in [2.75, 3.05) is 11.1 Å². The molecule has 0 bridgehead atoms. The number of hydrogen-bond acceptors (Lipinski definition) is 3. The van der Waals surface area contributed by atoms with Crippen LogP contribution in [-0.4, -0.2) is 6.04 Å². The molecular weight excluding hydrogens is 198 g/mol. The van der Waals surface area contributed by atoms with Crippen LogP contribution in [0.4, 0.5) is 11.4 Å². The van der Waals surface area contributed by atoms with Crippen molar-refractivity contribution in [1.82, 2.24) is 0 Å². The fourth-order valence-corrected chi connectivity index (χ4v) is 1.50. The van der Waals surface area contributed by atoms with Crippen LogP contribution in [0.25, 0.3) is 0 Å². The van der Waals surface area contributed by atoms with Gasteiger partial charge in [-0.25, -0.2) is 0 Å². The molecule has 0 amide bonds. The van der Waals surface area contributed by atoms with Gasteiger partial charge in [0.15, 0.2) is 0 Å². The maximum Gasteiger partial charge on any atom is 0.101 e. The lowest BCUT2D eigenvalue weighted by molar-refractivity contribution is 0.494. The molecule has 3 nitrogen and oxygen atoms in total. The van der Waals surface area contributed by atoms with Crippen LogP contribution in [0.1, 0.15) is 32.8 Å². The van der Waals surface area contributed by atoms with E-state index in [9.17, 15) is 0 Å². The molecule has 0 saturated carbocycles. The van der Waals surface area contributed by atoms with Crippen LogP contribution in [0.15, 0.2) is 18.2 Å². The van der Waals surface area contributed by atoms with Crippen molar-refractivity contribution < 1.29 is 0 Å². The van der Waals surface area contributed by atoms with Gasteiger partial charge in [-0.05, 0) is 31.0 Å². The average Bonchev–Trinajstić information content (AvgIpc) is 2.30. The first-order valence-corrected chi connectivity index (χ1v) is 5.64. The third kappa shape index (κ3) is 2.90. The van der Waals surface area contributed by atoms with Gasteiger partial charge < -0.3 is 11.1 Å². The Hall–Kier alpha value is -1.69. The predicted molar refractivity (Wildman–Crippen MR) is 68.1 cm³/mol. The lowest BCUT2D eigenvalue weighted by Crippen LogP contribution is -2.23. The standard InChI is InChI=1S/C13H19N3/c1-4-9(2)10(3)16-12-5-6-13(15)11(7-12)8-14/h5-7,9-10,16H,4,15H2,1-3H3. The van der Waals surface area contributed by atoms with Crippen molar-refractivity contribution in [2.24, 2.45) is 5.92 Å². The first kappa shape index (κ1) is 12.4. The number of nitrogens with zero attached hydrogens (tertiary/aromatic N) is 1. The molecule has 0 heterocycles. The summed E-state index contributed by atoms with van der Waals surface area (Å²) in [6.07, 6.45) is 1.13. The number of anilines is 2. The van der Waals surface area contributed by atoms with Gasteiger partial charge in [-0.3, -0.25) is 0 Å². The van der Waals surface area contributed by atoms with E-state index in [1.54, 1.807) is 12.1 Å². The highest BCUT2D eigenvalue weighted by Gasteiger charge is 2.10. The molecule has 0 radical (unpaired) electrons. The zero-order valence-electron chi connectivity index (χ0n) is 10.1. The van der Waals surface area contributed by atoms with Crippen LogP contribution in [0.5, 0.6) is 0 Å². The van der Waals surface area contributed by atoms with E-state index in [-0.39, 0.29) is 0 Å². The molecule has 1 aromatic carbocycles. The molecule has 2 unspecified atom stereocenters. The highest BCUT2D eigenvalue weighted by Crippen LogP contribution is 2.19. The summed E-state index contributed by atoms with van der Waals surface area (Å²) in [5.41, 5.74) is 7.68. The topological polar surface area (TPSA) is 61.8 Å². The average molecular weight is 217 g/mol.